The highest BCUT2D eigenvalue weighted by Gasteiger charge is 2.27. The van der Waals surface area contributed by atoms with Gasteiger partial charge in [0.05, 0.1) is 12.5 Å². The third kappa shape index (κ3) is 6.27. The zero-order valence-corrected chi connectivity index (χ0v) is 21.0. The number of nitrogens with zero attached hydrogens (tertiary/aromatic N) is 3. The Morgan fingerprint density at radius 2 is 1.54 bits per heavy atom. The van der Waals surface area contributed by atoms with Crippen LogP contribution in [0.15, 0.2) is 97.2 Å². The van der Waals surface area contributed by atoms with Crippen LogP contribution < -0.4 is 10.1 Å². The molecule has 39 heavy (non-hydrogen) atoms. The molecule has 4 aromatic rings. The maximum atomic E-state index is 13.6. The first-order valence-corrected chi connectivity index (χ1v) is 12.5. The summed E-state index contributed by atoms with van der Waals surface area (Å²) >= 11 is 0. The van der Waals surface area contributed by atoms with Gasteiger partial charge in [-0.25, -0.2) is 4.98 Å². The van der Waals surface area contributed by atoms with E-state index in [2.05, 4.69) is 15.3 Å². The van der Waals surface area contributed by atoms with Crippen molar-refractivity contribution in [2.45, 2.75) is 19.1 Å². The highest BCUT2D eigenvalue weighted by molar-refractivity contribution is 5.98. The predicted molar refractivity (Wildman–Crippen MR) is 142 cm³/mol. The average Bonchev–Trinajstić information content (AvgIpc) is 3.00. The Morgan fingerprint density at radius 3 is 2.13 bits per heavy atom. The molecule has 0 radical (unpaired) electrons. The number of benzene rings is 3. The highest BCUT2D eigenvalue weighted by atomic mass is 16.5. The lowest BCUT2D eigenvalue weighted by atomic mass is 9.98. The van der Waals surface area contributed by atoms with Crippen molar-refractivity contribution >= 4 is 17.8 Å². The molecule has 0 atom stereocenters. The molecule has 0 unspecified atom stereocenters. The molecular weight excluding hydrogens is 496 g/mol. The Balaban J connectivity index is 1.44. The summed E-state index contributed by atoms with van der Waals surface area (Å²) in [5, 5.41) is 3.07. The van der Waals surface area contributed by atoms with E-state index < -0.39 is 17.9 Å². The van der Waals surface area contributed by atoms with Crippen molar-refractivity contribution in [3.63, 3.8) is 0 Å². The summed E-state index contributed by atoms with van der Waals surface area (Å²) in [6.45, 7) is 0.145. The zero-order valence-electron chi connectivity index (χ0n) is 21.0. The quantitative estimate of drug-likeness (QED) is 0.349. The molecule has 9 nitrogen and oxygen atoms in total. The van der Waals surface area contributed by atoms with Crippen LogP contribution in [-0.2, 0) is 16.1 Å². The molecular formula is C30H26N4O5. The first kappa shape index (κ1) is 25.6. The van der Waals surface area contributed by atoms with Crippen molar-refractivity contribution in [3.8, 4) is 5.88 Å². The lowest BCUT2D eigenvalue weighted by Gasteiger charge is -2.25. The average molecular weight is 523 g/mol. The zero-order chi connectivity index (χ0) is 27.0. The smallest absolute Gasteiger partial charge is 0.309 e. The van der Waals surface area contributed by atoms with E-state index in [9.17, 15) is 14.4 Å². The van der Waals surface area contributed by atoms with Gasteiger partial charge in [-0.15, -0.1) is 0 Å². The van der Waals surface area contributed by atoms with Crippen molar-refractivity contribution in [1.82, 2.24) is 20.2 Å². The van der Waals surface area contributed by atoms with E-state index in [0.29, 0.717) is 0 Å². The molecule has 5 rings (SSSR count). The lowest BCUT2D eigenvalue weighted by molar-refractivity contribution is -0.152. The molecule has 1 N–H and O–H groups in total. The Labute approximate surface area is 225 Å². The van der Waals surface area contributed by atoms with Crippen LogP contribution in [0.1, 0.15) is 50.1 Å². The van der Waals surface area contributed by atoms with Crippen LogP contribution in [0.3, 0.4) is 0 Å². The summed E-state index contributed by atoms with van der Waals surface area (Å²) in [7, 11) is 0. The third-order valence-corrected chi connectivity index (χ3v) is 6.20. The van der Waals surface area contributed by atoms with Gasteiger partial charge in [0.15, 0.2) is 6.73 Å². The molecule has 2 amide bonds. The summed E-state index contributed by atoms with van der Waals surface area (Å²) in [5.41, 5.74) is 2.75. The molecule has 196 valence electrons. The predicted octanol–water partition coefficient (Wildman–Crippen LogP) is 3.92. The van der Waals surface area contributed by atoms with Crippen LogP contribution >= 0.6 is 0 Å². The number of amides is 2. The number of esters is 1. The first-order chi connectivity index (χ1) is 19.1. The van der Waals surface area contributed by atoms with E-state index in [1.807, 2.05) is 91.0 Å². The van der Waals surface area contributed by atoms with E-state index in [-0.39, 0.29) is 49.5 Å². The van der Waals surface area contributed by atoms with E-state index in [0.717, 1.165) is 16.7 Å². The summed E-state index contributed by atoms with van der Waals surface area (Å²) in [4.78, 5) is 47.9. The number of carbonyl (C=O) groups is 3. The topological polar surface area (TPSA) is 111 Å². The van der Waals surface area contributed by atoms with Gasteiger partial charge in [-0.1, -0.05) is 91.0 Å². The highest BCUT2D eigenvalue weighted by Crippen LogP contribution is 2.24. The molecule has 1 aromatic heterocycles. The third-order valence-electron chi connectivity index (χ3n) is 6.20. The molecule has 1 saturated heterocycles. The van der Waals surface area contributed by atoms with Crippen molar-refractivity contribution < 1.29 is 23.9 Å². The number of hydrogen-bond donors (Lipinski definition) is 1. The monoisotopic (exact) mass is 522 g/mol. The van der Waals surface area contributed by atoms with Gasteiger partial charge in [0, 0.05) is 12.7 Å². The number of carbonyl (C=O) groups excluding carboxylic acids is 3. The fraction of sp³-hybridized carbons (Fsp3) is 0.167. The van der Waals surface area contributed by atoms with E-state index in [1.54, 1.807) is 0 Å². The van der Waals surface area contributed by atoms with Gasteiger partial charge < -0.3 is 19.7 Å². The van der Waals surface area contributed by atoms with Crippen molar-refractivity contribution in [2.24, 2.45) is 0 Å². The van der Waals surface area contributed by atoms with Gasteiger partial charge >= 0.3 is 5.97 Å². The van der Waals surface area contributed by atoms with Gasteiger partial charge in [0.1, 0.15) is 12.2 Å². The Bertz CT molecular complexity index is 1400. The summed E-state index contributed by atoms with van der Waals surface area (Å²) < 4.78 is 10.9. The number of nitrogens with one attached hydrogen (secondary N) is 1. The molecule has 9 heteroatoms. The largest absolute Gasteiger partial charge is 0.472 e. The second-order valence-electron chi connectivity index (χ2n) is 8.88. The molecule has 3 aromatic carbocycles. The number of cyclic esters (lactones) is 1. The van der Waals surface area contributed by atoms with E-state index >= 15 is 0 Å². The van der Waals surface area contributed by atoms with Crippen molar-refractivity contribution in [1.29, 1.82) is 0 Å². The Hall–Kier alpha value is -5.05. The van der Waals surface area contributed by atoms with Crippen LogP contribution in [0.2, 0.25) is 0 Å². The first-order valence-electron chi connectivity index (χ1n) is 12.5. The van der Waals surface area contributed by atoms with Crippen LogP contribution in [0, 0.1) is 0 Å². The molecule has 1 aliphatic rings. The minimum absolute atomic E-state index is 0.0245. The number of aromatic nitrogens is 2. The summed E-state index contributed by atoms with van der Waals surface area (Å²) in [6, 6.07) is 28.2. The maximum Gasteiger partial charge on any atom is 0.309 e. The van der Waals surface area contributed by atoms with Gasteiger partial charge in [0.25, 0.3) is 11.8 Å². The molecule has 0 bridgehead atoms. The standard InChI is InChI=1S/C30H26N4O5/c35-25-16-17-34(20-39-25)30(37)27-31-18-24(29(33-27)38-19-21-10-4-1-5-11-21)28(36)32-26(22-12-6-2-7-13-22)23-14-8-3-9-15-23/h1-15,18,26H,16-17,19-20H2,(H,32,36). The van der Waals surface area contributed by atoms with E-state index in [1.165, 1.54) is 11.1 Å². The minimum atomic E-state index is -0.523. The maximum absolute atomic E-state index is 13.6. The molecule has 1 aliphatic heterocycles. The fourth-order valence-electron chi connectivity index (χ4n) is 4.13. The van der Waals surface area contributed by atoms with Crippen LogP contribution in [0.25, 0.3) is 0 Å². The Morgan fingerprint density at radius 1 is 0.923 bits per heavy atom. The van der Waals surface area contributed by atoms with E-state index in [4.69, 9.17) is 9.47 Å². The van der Waals surface area contributed by atoms with Crippen LogP contribution in [0.5, 0.6) is 5.88 Å². The van der Waals surface area contributed by atoms with Crippen LogP contribution in [0.4, 0.5) is 0 Å². The fourth-order valence-corrected chi connectivity index (χ4v) is 4.13. The van der Waals surface area contributed by atoms with Gasteiger partial charge in [0.2, 0.25) is 11.7 Å². The number of hydrogen-bond acceptors (Lipinski definition) is 7. The summed E-state index contributed by atoms with van der Waals surface area (Å²) in [5.74, 6) is -1.53. The second-order valence-corrected chi connectivity index (χ2v) is 8.88. The number of ether oxygens (including phenoxy) is 2. The minimum Gasteiger partial charge on any atom is -0.472 e. The molecule has 0 saturated carbocycles. The molecule has 2 heterocycles. The molecule has 0 spiro atoms. The normalized spacial score (nSPS) is 13.1. The summed E-state index contributed by atoms with van der Waals surface area (Å²) in [6.07, 6.45) is 1.38. The lowest BCUT2D eigenvalue weighted by Crippen LogP contribution is -2.41. The number of rotatable bonds is 8. The van der Waals surface area contributed by atoms with Crippen LogP contribution in [-0.4, -0.2) is 45.9 Å². The second kappa shape index (κ2) is 12.0. The van der Waals surface area contributed by atoms with Gasteiger partial charge in [-0.05, 0) is 16.7 Å². The molecule has 0 aliphatic carbocycles. The van der Waals surface area contributed by atoms with Gasteiger partial charge in [-0.2, -0.15) is 4.98 Å². The van der Waals surface area contributed by atoms with Gasteiger partial charge in [-0.3, -0.25) is 14.4 Å². The SMILES string of the molecule is O=C1CCN(C(=O)c2ncc(C(=O)NC(c3ccccc3)c3ccccc3)c(OCc3ccccc3)n2)CO1. The van der Waals surface area contributed by atoms with Crippen molar-refractivity contribution in [2.75, 3.05) is 13.3 Å². The van der Waals surface area contributed by atoms with Crippen molar-refractivity contribution in [3.05, 3.63) is 125 Å². The Kier molecular flexibility index (Phi) is 7.87. The molecule has 1 fully saturated rings.